The molecule has 18 heavy (non-hydrogen) atoms. The van der Waals surface area contributed by atoms with Crippen molar-refractivity contribution in [2.75, 3.05) is 19.7 Å². The fourth-order valence-corrected chi connectivity index (χ4v) is 2.34. The smallest absolute Gasteiger partial charge is 0.220 e. The summed E-state index contributed by atoms with van der Waals surface area (Å²) in [6, 6.07) is 0. The Morgan fingerprint density at radius 1 is 1.17 bits per heavy atom. The molecule has 1 amide bonds. The van der Waals surface area contributed by atoms with Gasteiger partial charge in [-0.2, -0.15) is 0 Å². The zero-order chi connectivity index (χ0) is 13.1. The molecule has 0 saturated heterocycles. The van der Waals surface area contributed by atoms with Crippen LogP contribution in [0, 0.1) is 0 Å². The summed E-state index contributed by atoms with van der Waals surface area (Å²) in [5.41, 5.74) is 5.40. The van der Waals surface area contributed by atoms with Gasteiger partial charge in [0.2, 0.25) is 5.91 Å². The first-order chi connectivity index (χ1) is 8.83. The van der Waals surface area contributed by atoms with Crippen molar-refractivity contribution in [1.82, 2.24) is 5.32 Å². The number of nitrogens with two attached hydrogens (primary N) is 1. The Balaban J connectivity index is 1.88. The van der Waals surface area contributed by atoms with Crippen LogP contribution in [-0.4, -0.2) is 31.7 Å². The zero-order valence-electron chi connectivity index (χ0n) is 11.5. The Labute approximate surface area is 111 Å². The van der Waals surface area contributed by atoms with Gasteiger partial charge in [-0.3, -0.25) is 4.79 Å². The number of ether oxygens (including phenoxy) is 1. The molecule has 0 unspecified atom stereocenters. The predicted molar refractivity (Wildman–Crippen MR) is 73.4 cm³/mol. The van der Waals surface area contributed by atoms with Gasteiger partial charge in [0, 0.05) is 13.0 Å². The van der Waals surface area contributed by atoms with Crippen LogP contribution in [0.3, 0.4) is 0 Å². The van der Waals surface area contributed by atoms with Crippen molar-refractivity contribution >= 4 is 5.91 Å². The molecule has 0 bridgehead atoms. The Morgan fingerprint density at radius 2 is 1.94 bits per heavy atom. The van der Waals surface area contributed by atoms with Crippen LogP contribution in [0.4, 0.5) is 0 Å². The van der Waals surface area contributed by atoms with E-state index in [1.807, 2.05) is 0 Å². The van der Waals surface area contributed by atoms with Crippen LogP contribution in [0.1, 0.15) is 57.8 Å². The second-order valence-corrected chi connectivity index (χ2v) is 5.08. The lowest BCUT2D eigenvalue weighted by molar-refractivity contribution is -0.121. The normalized spacial score (nSPS) is 16.7. The summed E-state index contributed by atoms with van der Waals surface area (Å²) in [6.45, 7) is 2.02. The van der Waals surface area contributed by atoms with Crippen LogP contribution in [0.25, 0.3) is 0 Å². The van der Waals surface area contributed by atoms with Crippen LogP contribution in [0.15, 0.2) is 0 Å². The quantitative estimate of drug-likeness (QED) is 0.620. The molecule has 1 rings (SSSR count). The summed E-state index contributed by atoms with van der Waals surface area (Å²) >= 11 is 0. The van der Waals surface area contributed by atoms with Gasteiger partial charge in [0.05, 0.1) is 12.7 Å². The number of hydrogen-bond acceptors (Lipinski definition) is 3. The summed E-state index contributed by atoms with van der Waals surface area (Å²) in [4.78, 5) is 11.5. The largest absolute Gasteiger partial charge is 0.376 e. The first-order valence-corrected chi connectivity index (χ1v) is 7.41. The minimum Gasteiger partial charge on any atom is -0.376 e. The molecule has 1 aliphatic carbocycles. The van der Waals surface area contributed by atoms with Gasteiger partial charge < -0.3 is 15.8 Å². The minimum atomic E-state index is 0.138. The van der Waals surface area contributed by atoms with Gasteiger partial charge in [0.1, 0.15) is 0 Å². The maximum Gasteiger partial charge on any atom is 0.220 e. The van der Waals surface area contributed by atoms with Crippen LogP contribution in [0.2, 0.25) is 0 Å². The molecule has 0 radical (unpaired) electrons. The fourth-order valence-electron chi connectivity index (χ4n) is 2.34. The molecule has 1 aliphatic rings. The monoisotopic (exact) mass is 256 g/mol. The molecular formula is C14H28N2O2. The number of nitrogens with one attached hydrogen (secondary N) is 1. The third-order valence-electron chi connectivity index (χ3n) is 3.44. The standard InChI is InChI=1S/C14H28N2O2/c15-10-6-2-5-9-14(17)16-11-12-18-13-7-3-1-4-8-13/h13H,1-12,15H2,(H,16,17). The first kappa shape index (κ1) is 15.4. The van der Waals surface area contributed by atoms with Gasteiger partial charge in [-0.1, -0.05) is 25.7 Å². The highest BCUT2D eigenvalue weighted by Gasteiger charge is 2.13. The van der Waals surface area contributed by atoms with E-state index in [9.17, 15) is 4.79 Å². The Morgan fingerprint density at radius 3 is 2.67 bits per heavy atom. The van der Waals surface area contributed by atoms with E-state index in [0.717, 1.165) is 25.8 Å². The summed E-state index contributed by atoms with van der Waals surface area (Å²) in [6.07, 6.45) is 10.3. The van der Waals surface area contributed by atoms with Gasteiger partial charge in [0.25, 0.3) is 0 Å². The molecule has 4 heteroatoms. The molecule has 3 N–H and O–H groups in total. The molecule has 0 atom stereocenters. The van der Waals surface area contributed by atoms with Crippen molar-refractivity contribution in [2.24, 2.45) is 5.73 Å². The molecule has 0 aromatic rings. The summed E-state index contributed by atoms with van der Waals surface area (Å²) < 4.78 is 5.75. The predicted octanol–water partition coefficient (Wildman–Crippen LogP) is 1.97. The maximum absolute atomic E-state index is 11.5. The molecule has 0 aliphatic heterocycles. The van der Waals surface area contributed by atoms with Crippen molar-refractivity contribution in [3.8, 4) is 0 Å². The van der Waals surface area contributed by atoms with E-state index in [4.69, 9.17) is 10.5 Å². The summed E-state index contributed by atoms with van der Waals surface area (Å²) in [7, 11) is 0. The van der Waals surface area contributed by atoms with Gasteiger partial charge in [-0.15, -0.1) is 0 Å². The van der Waals surface area contributed by atoms with E-state index in [0.29, 0.717) is 25.7 Å². The first-order valence-electron chi connectivity index (χ1n) is 7.41. The highest BCUT2D eigenvalue weighted by Crippen LogP contribution is 2.19. The number of carbonyl (C=O) groups excluding carboxylic acids is 1. The number of carbonyl (C=O) groups is 1. The van der Waals surface area contributed by atoms with Crippen LogP contribution >= 0.6 is 0 Å². The molecule has 0 aromatic carbocycles. The number of rotatable bonds is 9. The fraction of sp³-hybridized carbons (Fsp3) is 0.929. The highest BCUT2D eigenvalue weighted by molar-refractivity contribution is 5.75. The topological polar surface area (TPSA) is 64.4 Å². The SMILES string of the molecule is NCCCCCC(=O)NCCOC1CCCCC1. The molecule has 106 valence electrons. The molecule has 0 spiro atoms. The van der Waals surface area contributed by atoms with Crippen LogP contribution in [0.5, 0.6) is 0 Å². The average Bonchev–Trinajstić information content (AvgIpc) is 2.41. The number of hydrogen-bond donors (Lipinski definition) is 2. The Kier molecular flexibility index (Phi) is 8.86. The molecule has 1 saturated carbocycles. The lowest BCUT2D eigenvalue weighted by Gasteiger charge is -2.21. The van der Waals surface area contributed by atoms with E-state index in [1.54, 1.807) is 0 Å². The van der Waals surface area contributed by atoms with E-state index in [1.165, 1.54) is 32.1 Å². The number of amides is 1. The van der Waals surface area contributed by atoms with Crippen molar-refractivity contribution in [1.29, 1.82) is 0 Å². The Hall–Kier alpha value is -0.610. The van der Waals surface area contributed by atoms with Crippen molar-refractivity contribution in [2.45, 2.75) is 63.9 Å². The molecule has 0 heterocycles. The van der Waals surface area contributed by atoms with E-state index < -0.39 is 0 Å². The third-order valence-corrected chi connectivity index (χ3v) is 3.44. The van der Waals surface area contributed by atoms with Crippen molar-refractivity contribution in [3.05, 3.63) is 0 Å². The van der Waals surface area contributed by atoms with Gasteiger partial charge in [0.15, 0.2) is 0 Å². The van der Waals surface area contributed by atoms with Crippen molar-refractivity contribution < 1.29 is 9.53 Å². The summed E-state index contributed by atoms with van der Waals surface area (Å²) in [5.74, 6) is 0.138. The Bertz CT molecular complexity index is 216. The lowest BCUT2D eigenvalue weighted by atomic mass is 9.98. The van der Waals surface area contributed by atoms with E-state index in [2.05, 4.69) is 5.32 Å². The second-order valence-electron chi connectivity index (χ2n) is 5.08. The van der Waals surface area contributed by atoms with E-state index >= 15 is 0 Å². The van der Waals surface area contributed by atoms with Crippen molar-refractivity contribution in [3.63, 3.8) is 0 Å². The highest BCUT2D eigenvalue weighted by atomic mass is 16.5. The third kappa shape index (κ3) is 7.67. The lowest BCUT2D eigenvalue weighted by Crippen LogP contribution is -2.29. The molecular weight excluding hydrogens is 228 g/mol. The second kappa shape index (κ2) is 10.3. The minimum absolute atomic E-state index is 0.138. The van der Waals surface area contributed by atoms with Gasteiger partial charge in [-0.25, -0.2) is 0 Å². The molecule has 4 nitrogen and oxygen atoms in total. The zero-order valence-corrected chi connectivity index (χ0v) is 11.5. The van der Waals surface area contributed by atoms with Gasteiger partial charge >= 0.3 is 0 Å². The van der Waals surface area contributed by atoms with E-state index in [-0.39, 0.29) is 5.91 Å². The maximum atomic E-state index is 11.5. The van der Waals surface area contributed by atoms with Crippen LogP contribution < -0.4 is 11.1 Å². The number of unbranched alkanes of at least 4 members (excludes halogenated alkanes) is 2. The van der Waals surface area contributed by atoms with Crippen LogP contribution in [-0.2, 0) is 9.53 Å². The molecule has 0 aromatic heterocycles. The summed E-state index contributed by atoms with van der Waals surface area (Å²) in [5, 5.41) is 2.90. The van der Waals surface area contributed by atoms with Gasteiger partial charge in [-0.05, 0) is 32.2 Å². The average molecular weight is 256 g/mol. The molecule has 1 fully saturated rings.